The predicted molar refractivity (Wildman–Crippen MR) is 130 cm³/mol. The molecule has 0 aliphatic rings. The average Bonchev–Trinajstić information content (AvgIpc) is 3.35. The molecule has 0 aliphatic carbocycles. The van der Waals surface area contributed by atoms with Gasteiger partial charge >= 0.3 is 6.18 Å². The summed E-state index contributed by atoms with van der Waals surface area (Å²) in [5.74, 6) is 0.396. The first-order valence-electron chi connectivity index (χ1n) is 10.9. The highest BCUT2D eigenvalue weighted by atomic mass is 19.4. The largest absolute Gasteiger partial charge is 0.456 e. The van der Waals surface area contributed by atoms with E-state index in [0.29, 0.717) is 22.8 Å². The number of aryl methyl sites for hydroxylation is 1. The fourth-order valence-electron chi connectivity index (χ4n) is 3.70. The van der Waals surface area contributed by atoms with Gasteiger partial charge in [0.1, 0.15) is 17.1 Å². The van der Waals surface area contributed by atoms with Crippen molar-refractivity contribution in [3.8, 4) is 22.8 Å². The van der Waals surface area contributed by atoms with Crippen LogP contribution in [0.4, 0.5) is 18.9 Å². The van der Waals surface area contributed by atoms with Gasteiger partial charge in [-0.3, -0.25) is 9.78 Å². The Bertz CT molecular complexity index is 1560. The maximum absolute atomic E-state index is 13.0. The number of halogens is 3. The number of nitrogens with zero attached hydrogens (tertiary/aromatic N) is 2. The Balaban J connectivity index is 1.45. The molecule has 5 rings (SSSR count). The molecule has 0 aliphatic heterocycles. The van der Waals surface area contributed by atoms with Crippen molar-refractivity contribution in [2.24, 2.45) is 0 Å². The number of aromatic amines is 1. The van der Waals surface area contributed by atoms with Crippen LogP contribution in [0.1, 0.15) is 21.5 Å². The Labute approximate surface area is 203 Å². The molecule has 6 nitrogen and oxygen atoms in total. The Hall–Kier alpha value is -4.66. The lowest BCUT2D eigenvalue weighted by Crippen LogP contribution is -2.13. The van der Waals surface area contributed by atoms with Crippen molar-refractivity contribution in [2.45, 2.75) is 13.1 Å². The number of nitrogens with one attached hydrogen (secondary N) is 2. The van der Waals surface area contributed by atoms with Crippen molar-refractivity contribution in [3.63, 3.8) is 0 Å². The highest BCUT2D eigenvalue weighted by molar-refractivity contribution is 6.04. The zero-order valence-electron chi connectivity index (χ0n) is 18.9. The molecule has 0 saturated carbocycles. The van der Waals surface area contributed by atoms with E-state index in [0.717, 1.165) is 28.6 Å². The number of ether oxygens (including phenoxy) is 1. The summed E-state index contributed by atoms with van der Waals surface area (Å²) in [7, 11) is 0. The number of rotatable bonds is 5. The van der Waals surface area contributed by atoms with Crippen LogP contribution in [-0.2, 0) is 6.18 Å². The summed E-state index contributed by atoms with van der Waals surface area (Å²) in [6.07, 6.45) is 0.621. The lowest BCUT2D eigenvalue weighted by molar-refractivity contribution is -0.137. The van der Waals surface area contributed by atoms with Crippen LogP contribution in [0.3, 0.4) is 0 Å². The molecule has 0 atom stereocenters. The standard InChI is InChI=1S/C27H19F3N4O2/c1-16-7-8-17(26(35)33-20-6-2-5-19(13-20)27(28,29)30)12-23(16)36-24-14-22(18-4-3-10-31-15-18)34-25-21(24)9-11-32-25/h2-15H,1H3,(H,32,34)(H,33,35). The molecule has 36 heavy (non-hydrogen) atoms. The Morgan fingerprint density at radius 2 is 1.86 bits per heavy atom. The fraction of sp³-hybridized carbons (Fsp3) is 0.0741. The van der Waals surface area contributed by atoms with E-state index in [1.54, 1.807) is 42.9 Å². The van der Waals surface area contributed by atoms with Gasteiger partial charge in [-0.15, -0.1) is 0 Å². The van der Waals surface area contributed by atoms with Gasteiger partial charge in [-0.2, -0.15) is 13.2 Å². The average molecular weight is 488 g/mol. The molecule has 0 bridgehead atoms. The molecule has 2 aromatic carbocycles. The SMILES string of the molecule is Cc1ccc(C(=O)Nc2cccc(C(F)(F)F)c2)cc1Oc1cc(-c2cccnc2)nc2[nH]ccc12. The molecule has 0 saturated heterocycles. The van der Waals surface area contributed by atoms with Gasteiger partial charge in [0.15, 0.2) is 0 Å². The number of aromatic nitrogens is 3. The van der Waals surface area contributed by atoms with Crippen molar-refractivity contribution >= 4 is 22.6 Å². The molecule has 3 heterocycles. The number of anilines is 1. The number of fused-ring (bicyclic) bond motifs is 1. The first-order valence-corrected chi connectivity index (χ1v) is 10.9. The molecule has 0 spiro atoms. The van der Waals surface area contributed by atoms with Crippen LogP contribution < -0.4 is 10.1 Å². The lowest BCUT2D eigenvalue weighted by atomic mass is 10.1. The molecule has 1 amide bonds. The molecule has 5 aromatic rings. The number of hydrogen-bond acceptors (Lipinski definition) is 4. The van der Waals surface area contributed by atoms with Crippen LogP contribution in [0.25, 0.3) is 22.3 Å². The van der Waals surface area contributed by atoms with E-state index < -0.39 is 17.6 Å². The Morgan fingerprint density at radius 1 is 1.00 bits per heavy atom. The fourth-order valence-corrected chi connectivity index (χ4v) is 3.70. The number of alkyl halides is 3. The van der Waals surface area contributed by atoms with Crippen molar-refractivity contribution in [2.75, 3.05) is 5.32 Å². The number of H-pyrrole nitrogens is 1. The van der Waals surface area contributed by atoms with E-state index in [1.165, 1.54) is 12.1 Å². The van der Waals surface area contributed by atoms with E-state index in [-0.39, 0.29) is 11.3 Å². The van der Waals surface area contributed by atoms with E-state index in [1.807, 2.05) is 25.1 Å². The van der Waals surface area contributed by atoms with Gasteiger partial charge in [0.05, 0.1) is 16.6 Å². The van der Waals surface area contributed by atoms with E-state index in [9.17, 15) is 18.0 Å². The number of pyridine rings is 2. The van der Waals surface area contributed by atoms with Gasteiger partial charge in [0.2, 0.25) is 0 Å². The highest BCUT2D eigenvalue weighted by Crippen LogP contribution is 2.35. The number of amides is 1. The third kappa shape index (κ3) is 4.76. The zero-order valence-corrected chi connectivity index (χ0v) is 18.9. The lowest BCUT2D eigenvalue weighted by Gasteiger charge is -2.13. The molecule has 9 heteroatoms. The van der Waals surface area contributed by atoms with Crippen LogP contribution in [0.2, 0.25) is 0 Å². The predicted octanol–water partition coefficient (Wildman–Crippen LogP) is 7.00. The van der Waals surface area contributed by atoms with Crippen LogP contribution in [0.5, 0.6) is 11.5 Å². The Kier molecular flexibility index (Phi) is 5.89. The summed E-state index contributed by atoms with van der Waals surface area (Å²) < 4.78 is 45.3. The molecule has 0 unspecified atom stereocenters. The van der Waals surface area contributed by atoms with Gasteiger partial charge in [-0.05, 0) is 61.0 Å². The summed E-state index contributed by atoms with van der Waals surface area (Å²) in [5.41, 5.74) is 2.30. The van der Waals surface area contributed by atoms with Crippen LogP contribution in [0, 0.1) is 6.92 Å². The van der Waals surface area contributed by atoms with Crippen molar-refractivity contribution in [1.29, 1.82) is 0 Å². The Morgan fingerprint density at radius 3 is 2.64 bits per heavy atom. The number of hydrogen-bond donors (Lipinski definition) is 2. The third-order valence-electron chi connectivity index (χ3n) is 5.57. The number of carbonyl (C=O) groups excluding carboxylic acids is 1. The summed E-state index contributed by atoms with van der Waals surface area (Å²) in [6, 6.07) is 16.7. The van der Waals surface area contributed by atoms with Gasteiger partial charge < -0.3 is 15.0 Å². The molecule has 3 aromatic heterocycles. The van der Waals surface area contributed by atoms with Gasteiger partial charge in [-0.25, -0.2) is 4.98 Å². The molecule has 180 valence electrons. The quantitative estimate of drug-likeness (QED) is 0.279. The minimum absolute atomic E-state index is 0.0437. The van der Waals surface area contributed by atoms with Gasteiger partial charge in [-0.1, -0.05) is 12.1 Å². The van der Waals surface area contributed by atoms with Crippen LogP contribution in [0.15, 0.2) is 85.3 Å². The second-order valence-electron chi connectivity index (χ2n) is 8.10. The molecular formula is C27H19F3N4O2. The third-order valence-corrected chi connectivity index (χ3v) is 5.57. The summed E-state index contributed by atoms with van der Waals surface area (Å²) >= 11 is 0. The molecule has 0 radical (unpaired) electrons. The summed E-state index contributed by atoms with van der Waals surface area (Å²) in [5, 5.41) is 3.27. The number of carbonyl (C=O) groups is 1. The van der Waals surface area contributed by atoms with Crippen molar-refractivity contribution in [1.82, 2.24) is 15.0 Å². The highest BCUT2D eigenvalue weighted by Gasteiger charge is 2.30. The number of benzene rings is 2. The minimum atomic E-state index is -4.51. The van der Waals surface area contributed by atoms with Crippen molar-refractivity contribution < 1.29 is 22.7 Å². The molecular weight excluding hydrogens is 469 g/mol. The second-order valence-corrected chi connectivity index (χ2v) is 8.10. The van der Waals surface area contributed by atoms with E-state index in [4.69, 9.17) is 4.74 Å². The van der Waals surface area contributed by atoms with Gasteiger partial charge in [0.25, 0.3) is 5.91 Å². The van der Waals surface area contributed by atoms with Crippen LogP contribution >= 0.6 is 0 Å². The first kappa shape index (κ1) is 23.1. The maximum Gasteiger partial charge on any atom is 0.416 e. The van der Waals surface area contributed by atoms with Crippen LogP contribution in [-0.4, -0.2) is 20.9 Å². The smallest absolute Gasteiger partial charge is 0.416 e. The second kappa shape index (κ2) is 9.18. The van der Waals surface area contributed by atoms with Gasteiger partial charge in [0, 0.05) is 41.5 Å². The normalized spacial score (nSPS) is 11.4. The molecule has 2 N–H and O–H groups in total. The van der Waals surface area contributed by atoms with E-state index >= 15 is 0 Å². The maximum atomic E-state index is 13.0. The molecule has 0 fully saturated rings. The zero-order chi connectivity index (χ0) is 25.3. The van der Waals surface area contributed by atoms with Crippen molar-refractivity contribution in [3.05, 3.63) is 102 Å². The topological polar surface area (TPSA) is 79.9 Å². The first-order chi connectivity index (χ1) is 17.3. The monoisotopic (exact) mass is 488 g/mol. The summed E-state index contributed by atoms with van der Waals surface area (Å²) in [4.78, 5) is 24.7. The minimum Gasteiger partial charge on any atom is -0.456 e. The summed E-state index contributed by atoms with van der Waals surface area (Å²) in [6.45, 7) is 1.83. The van der Waals surface area contributed by atoms with E-state index in [2.05, 4.69) is 20.3 Å².